The third-order valence-corrected chi connectivity index (χ3v) is 3.60. The maximum Gasteiger partial charge on any atom is 0.248 e. The van der Waals surface area contributed by atoms with Gasteiger partial charge in [0.1, 0.15) is 18.1 Å². The first-order chi connectivity index (χ1) is 9.11. The molecule has 0 spiro atoms. The smallest absolute Gasteiger partial charge is 0.248 e. The van der Waals surface area contributed by atoms with Crippen LogP contribution < -0.4 is 21.5 Å². The molecule has 110 valence electrons. The lowest BCUT2D eigenvalue weighted by Crippen LogP contribution is -3.00. The van der Waals surface area contributed by atoms with E-state index in [0.29, 0.717) is 0 Å². The van der Waals surface area contributed by atoms with Crippen molar-refractivity contribution < 1.29 is 21.5 Å². The lowest BCUT2D eigenvalue weighted by atomic mass is 10.1. The van der Waals surface area contributed by atoms with Crippen LogP contribution in [-0.4, -0.2) is 4.57 Å². The summed E-state index contributed by atoms with van der Waals surface area (Å²) in [6.45, 7) is 9.90. The minimum atomic E-state index is 0. The Morgan fingerprint density at radius 3 is 2.30 bits per heavy atom. The van der Waals surface area contributed by atoms with Crippen molar-refractivity contribution >= 4 is 0 Å². The van der Waals surface area contributed by atoms with Crippen molar-refractivity contribution in [1.29, 1.82) is 0 Å². The molecule has 0 radical (unpaired) electrons. The van der Waals surface area contributed by atoms with E-state index < -0.39 is 0 Å². The number of hydrogen-bond acceptors (Lipinski definition) is 0. The average Bonchev–Trinajstić information content (AvgIpc) is 2.76. The van der Waals surface area contributed by atoms with Gasteiger partial charge in [0.15, 0.2) is 0 Å². The van der Waals surface area contributed by atoms with Gasteiger partial charge in [-0.3, -0.25) is 0 Å². The van der Waals surface area contributed by atoms with Crippen LogP contribution in [-0.2, 0) is 6.54 Å². The third kappa shape index (κ3) is 3.95. The molecule has 2 rings (SSSR count). The zero-order valence-corrected chi connectivity index (χ0v) is 14.6. The summed E-state index contributed by atoms with van der Waals surface area (Å²) in [4.78, 5) is 0. The van der Waals surface area contributed by atoms with Crippen molar-refractivity contribution in [1.82, 2.24) is 4.57 Å². The van der Waals surface area contributed by atoms with Crippen LogP contribution in [0.3, 0.4) is 0 Å². The zero-order valence-electron chi connectivity index (χ0n) is 13.0. The van der Waals surface area contributed by atoms with Crippen molar-refractivity contribution in [2.75, 3.05) is 0 Å². The van der Waals surface area contributed by atoms with Gasteiger partial charge in [-0.1, -0.05) is 31.0 Å². The quantitative estimate of drug-likeness (QED) is 0.566. The topological polar surface area (TPSA) is 8.81 Å². The lowest BCUT2D eigenvalue weighted by molar-refractivity contribution is -0.596. The largest absolute Gasteiger partial charge is 1.00 e. The van der Waals surface area contributed by atoms with Crippen LogP contribution in [0.1, 0.15) is 42.9 Å². The molecule has 3 heteroatoms. The maximum absolute atomic E-state index is 2.29. The van der Waals surface area contributed by atoms with Crippen molar-refractivity contribution in [3.63, 3.8) is 0 Å². The number of unbranched alkanes of at least 4 members (excludes halogenated alkanes) is 2. The summed E-state index contributed by atoms with van der Waals surface area (Å²) in [6.07, 6.45) is 10.4. The van der Waals surface area contributed by atoms with Crippen molar-refractivity contribution in [2.45, 2.75) is 53.5 Å². The van der Waals surface area contributed by atoms with Gasteiger partial charge in [-0.25, -0.2) is 9.13 Å². The van der Waals surface area contributed by atoms with Crippen LogP contribution in [0.25, 0.3) is 5.69 Å². The fourth-order valence-corrected chi connectivity index (χ4v) is 2.78. The first kappa shape index (κ1) is 17.0. The van der Waals surface area contributed by atoms with Gasteiger partial charge in [0.2, 0.25) is 6.33 Å². The Morgan fingerprint density at radius 1 is 1.05 bits per heavy atom. The molecular weight excluding hydrogens is 312 g/mol. The summed E-state index contributed by atoms with van der Waals surface area (Å²) in [5, 5.41) is 0. The van der Waals surface area contributed by atoms with Gasteiger partial charge in [-0.2, -0.15) is 0 Å². The molecule has 1 aromatic heterocycles. The molecule has 0 aliphatic heterocycles. The van der Waals surface area contributed by atoms with Gasteiger partial charge in [0, 0.05) is 0 Å². The van der Waals surface area contributed by atoms with E-state index in [1.807, 2.05) is 0 Å². The Hall–Kier alpha value is -1.09. The molecule has 1 heterocycles. The number of nitrogens with zero attached hydrogens (tertiary/aromatic N) is 2. The van der Waals surface area contributed by atoms with Crippen molar-refractivity contribution in [2.24, 2.45) is 0 Å². The molecule has 0 aliphatic carbocycles. The molecule has 0 amide bonds. The molecule has 0 fully saturated rings. The minimum Gasteiger partial charge on any atom is -1.00 e. The van der Waals surface area contributed by atoms with E-state index >= 15 is 0 Å². The highest BCUT2D eigenvalue weighted by Gasteiger charge is 2.12. The number of halogens is 1. The SMILES string of the molecule is CCCCCn1cc[n+](-c2c(C)cc(C)cc2C)c1.[Br-]. The van der Waals surface area contributed by atoms with Gasteiger partial charge in [-0.15, -0.1) is 0 Å². The van der Waals surface area contributed by atoms with Crippen LogP contribution in [0.2, 0.25) is 0 Å². The van der Waals surface area contributed by atoms with Gasteiger partial charge in [0.05, 0.1) is 6.54 Å². The van der Waals surface area contributed by atoms with Crippen LogP contribution in [0.15, 0.2) is 30.9 Å². The molecule has 2 nitrogen and oxygen atoms in total. The van der Waals surface area contributed by atoms with Crippen molar-refractivity contribution in [3.05, 3.63) is 47.5 Å². The highest BCUT2D eigenvalue weighted by atomic mass is 79.9. The summed E-state index contributed by atoms with van der Waals surface area (Å²) in [5.41, 5.74) is 5.34. The summed E-state index contributed by atoms with van der Waals surface area (Å²) in [6, 6.07) is 4.51. The number of rotatable bonds is 5. The monoisotopic (exact) mass is 336 g/mol. The van der Waals surface area contributed by atoms with Gasteiger partial charge in [-0.05, 0) is 44.7 Å². The Bertz CT molecular complexity index is 535. The number of benzene rings is 1. The Labute approximate surface area is 133 Å². The predicted octanol–water partition coefficient (Wildman–Crippen LogP) is 0.884. The van der Waals surface area contributed by atoms with E-state index in [-0.39, 0.29) is 17.0 Å². The molecule has 0 atom stereocenters. The number of aromatic nitrogens is 2. The minimum absolute atomic E-state index is 0. The molecule has 0 saturated carbocycles. The molecule has 20 heavy (non-hydrogen) atoms. The lowest BCUT2D eigenvalue weighted by Gasteiger charge is -2.07. The molecule has 0 N–H and O–H groups in total. The highest BCUT2D eigenvalue weighted by molar-refractivity contribution is 5.43. The third-order valence-electron chi connectivity index (χ3n) is 3.60. The molecule has 0 aliphatic rings. The molecule has 2 aromatic rings. The van der Waals surface area contributed by atoms with Crippen LogP contribution in [0, 0.1) is 20.8 Å². The second kappa shape index (κ2) is 7.63. The molecule has 1 aromatic carbocycles. The maximum atomic E-state index is 2.29. The normalized spacial score (nSPS) is 10.4. The van der Waals surface area contributed by atoms with E-state index in [4.69, 9.17) is 0 Å². The number of imidazole rings is 1. The first-order valence-electron chi connectivity index (χ1n) is 7.27. The zero-order chi connectivity index (χ0) is 13.8. The number of hydrogen-bond donors (Lipinski definition) is 0. The Balaban J connectivity index is 0.00000200. The van der Waals surface area contributed by atoms with Crippen LogP contribution >= 0.6 is 0 Å². The summed E-state index contributed by atoms with van der Waals surface area (Å²) >= 11 is 0. The predicted molar refractivity (Wildman–Crippen MR) is 79.7 cm³/mol. The fraction of sp³-hybridized carbons (Fsp3) is 0.471. The van der Waals surface area contributed by atoms with Gasteiger partial charge < -0.3 is 17.0 Å². The van der Waals surface area contributed by atoms with Gasteiger partial charge in [0.25, 0.3) is 0 Å². The van der Waals surface area contributed by atoms with E-state index in [0.717, 1.165) is 6.54 Å². The van der Waals surface area contributed by atoms with E-state index in [1.54, 1.807) is 0 Å². The Morgan fingerprint density at radius 2 is 1.70 bits per heavy atom. The summed E-state index contributed by atoms with van der Waals surface area (Å²) in [5.74, 6) is 0. The van der Waals surface area contributed by atoms with E-state index in [2.05, 4.69) is 67.7 Å². The standard InChI is InChI=1S/C17H25N2.BrH/c1-5-6-7-8-18-9-10-19(13-18)17-15(3)11-14(2)12-16(17)4;/h9-13H,5-8H2,1-4H3;1H/q+1;/p-1. The van der Waals surface area contributed by atoms with E-state index in [9.17, 15) is 0 Å². The first-order valence-corrected chi connectivity index (χ1v) is 7.27. The highest BCUT2D eigenvalue weighted by Crippen LogP contribution is 2.16. The summed E-state index contributed by atoms with van der Waals surface area (Å²) < 4.78 is 4.53. The Kier molecular flexibility index (Phi) is 6.47. The molecule has 0 saturated heterocycles. The average molecular weight is 337 g/mol. The second-order valence-corrected chi connectivity index (χ2v) is 5.51. The second-order valence-electron chi connectivity index (χ2n) is 5.51. The van der Waals surface area contributed by atoms with Crippen LogP contribution in [0.5, 0.6) is 0 Å². The summed E-state index contributed by atoms with van der Waals surface area (Å²) in [7, 11) is 0. The van der Waals surface area contributed by atoms with Gasteiger partial charge >= 0.3 is 0 Å². The van der Waals surface area contributed by atoms with Crippen LogP contribution in [0.4, 0.5) is 0 Å². The molecule has 0 bridgehead atoms. The van der Waals surface area contributed by atoms with E-state index in [1.165, 1.54) is 41.6 Å². The fourth-order valence-electron chi connectivity index (χ4n) is 2.78. The molecule has 0 unspecified atom stereocenters. The number of aryl methyl sites for hydroxylation is 4. The van der Waals surface area contributed by atoms with Crippen molar-refractivity contribution in [3.8, 4) is 5.69 Å². The molecular formula is C17H25BrN2.